The van der Waals surface area contributed by atoms with Gasteiger partial charge in [0.25, 0.3) is 0 Å². The number of carbonyl (C=O) groups is 1. The van der Waals surface area contributed by atoms with Crippen LogP contribution in [0, 0.1) is 6.92 Å². The maximum Gasteiger partial charge on any atom is 0.310 e. The highest BCUT2D eigenvalue weighted by molar-refractivity contribution is 7.23. The van der Waals surface area contributed by atoms with Gasteiger partial charge in [-0.2, -0.15) is 0 Å². The van der Waals surface area contributed by atoms with Gasteiger partial charge >= 0.3 is 5.97 Å². The van der Waals surface area contributed by atoms with Gasteiger partial charge in [0.15, 0.2) is 4.96 Å². The van der Waals surface area contributed by atoms with E-state index in [0.717, 1.165) is 26.4 Å². The number of hydrogen-bond donors (Lipinski definition) is 1. The third-order valence-electron chi connectivity index (χ3n) is 3.11. The van der Waals surface area contributed by atoms with Crippen molar-refractivity contribution in [3.8, 4) is 0 Å². The summed E-state index contributed by atoms with van der Waals surface area (Å²) in [6, 6.07) is 5.79. The van der Waals surface area contributed by atoms with E-state index in [2.05, 4.69) is 4.98 Å². The van der Waals surface area contributed by atoms with Crippen LogP contribution in [0.4, 0.5) is 0 Å². The Labute approximate surface area is 108 Å². The van der Waals surface area contributed by atoms with E-state index in [4.69, 9.17) is 5.11 Å². The lowest BCUT2D eigenvalue weighted by Gasteiger charge is -2.05. The monoisotopic (exact) mass is 260 g/mol. The second-order valence-corrected chi connectivity index (χ2v) is 5.43. The van der Waals surface area contributed by atoms with Gasteiger partial charge in [-0.05, 0) is 31.5 Å². The van der Waals surface area contributed by atoms with Crippen molar-refractivity contribution in [3.63, 3.8) is 0 Å². The summed E-state index contributed by atoms with van der Waals surface area (Å²) in [5.41, 5.74) is 2.90. The van der Waals surface area contributed by atoms with E-state index >= 15 is 0 Å². The highest BCUT2D eigenvalue weighted by Crippen LogP contribution is 2.29. The second-order valence-electron chi connectivity index (χ2n) is 4.42. The van der Waals surface area contributed by atoms with Gasteiger partial charge in [-0.1, -0.05) is 17.4 Å². The van der Waals surface area contributed by atoms with Gasteiger partial charge in [-0.25, -0.2) is 4.98 Å². The predicted molar refractivity (Wildman–Crippen MR) is 71.4 cm³/mol. The van der Waals surface area contributed by atoms with Crippen molar-refractivity contribution in [1.29, 1.82) is 0 Å². The summed E-state index contributed by atoms with van der Waals surface area (Å²) in [4.78, 5) is 16.4. The number of benzene rings is 1. The van der Waals surface area contributed by atoms with Gasteiger partial charge in [0.05, 0.1) is 21.8 Å². The molecular weight excluding hydrogens is 248 g/mol. The Hall–Kier alpha value is -1.88. The first-order valence-corrected chi connectivity index (χ1v) is 6.49. The van der Waals surface area contributed by atoms with Crippen LogP contribution in [0.3, 0.4) is 0 Å². The third kappa shape index (κ3) is 1.59. The number of rotatable bonds is 2. The molecule has 4 nitrogen and oxygen atoms in total. The first-order valence-electron chi connectivity index (χ1n) is 5.67. The quantitative estimate of drug-likeness (QED) is 0.770. The van der Waals surface area contributed by atoms with Crippen LogP contribution in [0.25, 0.3) is 15.2 Å². The smallest absolute Gasteiger partial charge is 0.310 e. The molecule has 2 heterocycles. The molecule has 2 aromatic heterocycles. The van der Waals surface area contributed by atoms with Crippen LogP contribution in [-0.4, -0.2) is 20.5 Å². The molecule has 1 atom stereocenters. The molecule has 0 bridgehead atoms. The number of carboxylic acid groups (broad SMARTS) is 1. The molecule has 0 spiro atoms. The summed E-state index contributed by atoms with van der Waals surface area (Å²) in [6.45, 7) is 3.67. The molecule has 0 fully saturated rings. The van der Waals surface area contributed by atoms with Crippen molar-refractivity contribution in [2.75, 3.05) is 0 Å². The molecule has 1 aromatic carbocycles. The minimum atomic E-state index is -0.800. The number of nitrogens with zero attached hydrogens (tertiary/aromatic N) is 2. The average Bonchev–Trinajstić information content (AvgIpc) is 2.82. The Kier molecular flexibility index (Phi) is 2.38. The SMILES string of the molecule is Cc1cn2c(n1)sc1cc(C(C)C(=O)O)ccc12. The first kappa shape index (κ1) is 11.2. The first-order chi connectivity index (χ1) is 8.56. The molecule has 3 rings (SSSR count). The Morgan fingerprint density at radius 1 is 1.50 bits per heavy atom. The maximum absolute atomic E-state index is 11.0. The molecule has 0 aliphatic rings. The number of aryl methyl sites for hydroxylation is 1. The standard InChI is InChI=1S/C13H12N2O2S/c1-7-6-15-10-4-3-9(8(2)12(16)17)5-11(10)18-13(15)14-7/h3-6,8H,1-2H3,(H,16,17). The van der Waals surface area contributed by atoms with E-state index in [1.165, 1.54) is 0 Å². The highest BCUT2D eigenvalue weighted by atomic mass is 32.1. The molecular formula is C13H12N2O2S. The number of aromatic nitrogens is 2. The Bertz CT molecular complexity index is 757. The molecule has 18 heavy (non-hydrogen) atoms. The number of hydrogen-bond acceptors (Lipinski definition) is 3. The fourth-order valence-electron chi connectivity index (χ4n) is 2.04. The van der Waals surface area contributed by atoms with Crippen LogP contribution in [0.5, 0.6) is 0 Å². The minimum Gasteiger partial charge on any atom is -0.481 e. The van der Waals surface area contributed by atoms with Crippen molar-refractivity contribution in [1.82, 2.24) is 9.38 Å². The molecule has 0 saturated carbocycles. The van der Waals surface area contributed by atoms with E-state index in [1.807, 2.05) is 35.7 Å². The van der Waals surface area contributed by atoms with Gasteiger partial charge < -0.3 is 5.11 Å². The van der Waals surface area contributed by atoms with Gasteiger partial charge in [-0.15, -0.1) is 0 Å². The van der Waals surface area contributed by atoms with Crippen LogP contribution in [0.15, 0.2) is 24.4 Å². The zero-order chi connectivity index (χ0) is 12.9. The van der Waals surface area contributed by atoms with Gasteiger partial charge in [0.2, 0.25) is 0 Å². The van der Waals surface area contributed by atoms with Gasteiger partial charge in [-0.3, -0.25) is 9.20 Å². The maximum atomic E-state index is 11.0. The van der Waals surface area contributed by atoms with Crippen molar-refractivity contribution >= 4 is 32.5 Å². The lowest BCUT2D eigenvalue weighted by atomic mass is 10.0. The van der Waals surface area contributed by atoms with Crippen LogP contribution in [0.1, 0.15) is 24.1 Å². The molecule has 0 saturated heterocycles. The molecule has 5 heteroatoms. The minimum absolute atomic E-state index is 0.481. The lowest BCUT2D eigenvalue weighted by Crippen LogP contribution is -2.06. The summed E-state index contributed by atoms with van der Waals surface area (Å²) in [6.07, 6.45) is 1.99. The van der Waals surface area contributed by atoms with Crippen molar-refractivity contribution < 1.29 is 9.90 Å². The largest absolute Gasteiger partial charge is 0.481 e. The molecule has 3 aromatic rings. The van der Waals surface area contributed by atoms with Crippen molar-refractivity contribution in [2.24, 2.45) is 0 Å². The Balaban J connectivity index is 2.21. The molecule has 0 amide bonds. The summed E-state index contributed by atoms with van der Waals surface area (Å²) < 4.78 is 3.12. The number of fused-ring (bicyclic) bond motifs is 3. The average molecular weight is 260 g/mol. The zero-order valence-corrected chi connectivity index (χ0v) is 10.9. The summed E-state index contributed by atoms with van der Waals surface area (Å²) >= 11 is 1.58. The molecule has 0 aliphatic heterocycles. The lowest BCUT2D eigenvalue weighted by molar-refractivity contribution is -0.138. The molecule has 92 valence electrons. The number of carboxylic acids is 1. The van der Waals surface area contributed by atoms with Gasteiger partial charge in [0.1, 0.15) is 0 Å². The third-order valence-corrected chi connectivity index (χ3v) is 4.13. The van der Waals surface area contributed by atoms with Crippen molar-refractivity contribution in [2.45, 2.75) is 19.8 Å². The second kappa shape index (κ2) is 3.81. The number of aliphatic carboxylic acids is 1. The number of thiazole rings is 1. The van der Waals surface area contributed by atoms with Crippen LogP contribution in [-0.2, 0) is 4.79 Å². The van der Waals surface area contributed by atoms with Crippen LogP contribution >= 0.6 is 11.3 Å². The normalized spacial score (nSPS) is 13.2. The van der Waals surface area contributed by atoms with Crippen molar-refractivity contribution in [3.05, 3.63) is 35.7 Å². The zero-order valence-electron chi connectivity index (χ0n) is 10.0. The topological polar surface area (TPSA) is 54.6 Å². The summed E-state index contributed by atoms with van der Waals surface area (Å²) in [7, 11) is 0. The Morgan fingerprint density at radius 3 is 3.00 bits per heavy atom. The molecule has 1 N–H and O–H groups in total. The Morgan fingerprint density at radius 2 is 2.28 bits per heavy atom. The molecule has 0 aliphatic carbocycles. The van der Waals surface area contributed by atoms with E-state index in [1.54, 1.807) is 18.3 Å². The number of imidazole rings is 1. The fraction of sp³-hybridized carbons (Fsp3) is 0.231. The molecule has 1 unspecified atom stereocenters. The van der Waals surface area contributed by atoms with Gasteiger partial charge in [0, 0.05) is 6.20 Å². The van der Waals surface area contributed by atoms with Crippen LogP contribution in [0.2, 0.25) is 0 Å². The van der Waals surface area contributed by atoms with E-state index in [-0.39, 0.29) is 0 Å². The highest BCUT2D eigenvalue weighted by Gasteiger charge is 2.15. The molecule has 0 radical (unpaired) electrons. The summed E-state index contributed by atoms with van der Waals surface area (Å²) in [5.74, 6) is -1.28. The van der Waals surface area contributed by atoms with E-state index < -0.39 is 11.9 Å². The summed E-state index contributed by atoms with van der Waals surface area (Å²) in [5, 5.41) is 9.03. The van der Waals surface area contributed by atoms with E-state index in [0.29, 0.717) is 0 Å². The fourth-order valence-corrected chi connectivity index (χ4v) is 3.14. The predicted octanol–water partition coefficient (Wildman–Crippen LogP) is 3.05. The van der Waals surface area contributed by atoms with Crippen LogP contribution < -0.4 is 0 Å². The van der Waals surface area contributed by atoms with E-state index in [9.17, 15) is 4.79 Å².